The van der Waals surface area contributed by atoms with E-state index in [0.29, 0.717) is 20.0 Å². The number of hydrogen-bond acceptors (Lipinski definition) is 4. The number of Topliss-reactive ketones (excluding diaryl/α,β-unsaturated/α-hetero) is 1. The van der Waals surface area contributed by atoms with Gasteiger partial charge in [-0.2, -0.15) is 0 Å². The van der Waals surface area contributed by atoms with Crippen molar-refractivity contribution in [3.63, 3.8) is 0 Å². The minimum absolute atomic E-state index is 0.000480. The largest absolute Gasteiger partial charge is 0.294 e. The van der Waals surface area contributed by atoms with Crippen molar-refractivity contribution in [3.05, 3.63) is 38.2 Å². The third kappa shape index (κ3) is 1.68. The van der Waals surface area contributed by atoms with Crippen LogP contribution >= 0.6 is 22.9 Å². The molecule has 0 aliphatic rings. The molecule has 0 N–H and O–H groups in total. The van der Waals surface area contributed by atoms with Crippen molar-refractivity contribution in [1.29, 1.82) is 0 Å². The number of carbonyl (C=O) groups excluding carboxylic acids is 1. The topological polar surface area (TPSA) is 60.2 Å². The molecular weight excluding hydrogens is 250 g/mol. The number of nitro groups is 1. The number of halogens is 1. The first-order valence-electron chi connectivity index (χ1n) is 4.38. The Morgan fingerprint density at radius 1 is 1.50 bits per heavy atom. The van der Waals surface area contributed by atoms with Crippen molar-refractivity contribution in [2.75, 3.05) is 0 Å². The van der Waals surface area contributed by atoms with E-state index in [1.165, 1.54) is 30.4 Å². The zero-order chi connectivity index (χ0) is 11.9. The second kappa shape index (κ2) is 3.84. The van der Waals surface area contributed by atoms with Crippen LogP contribution in [0.15, 0.2) is 18.2 Å². The van der Waals surface area contributed by atoms with Gasteiger partial charge in [-0.15, -0.1) is 11.3 Å². The summed E-state index contributed by atoms with van der Waals surface area (Å²) in [5, 5.41) is 11.6. The molecule has 0 aliphatic carbocycles. The lowest BCUT2D eigenvalue weighted by atomic mass is 10.2. The average molecular weight is 256 g/mol. The number of rotatable bonds is 2. The van der Waals surface area contributed by atoms with E-state index in [9.17, 15) is 14.9 Å². The Kier molecular flexibility index (Phi) is 2.65. The molecule has 2 aromatic rings. The van der Waals surface area contributed by atoms with Gasteiger partial charge in [-0.3, -0.25) is 14.9 Å². The number of benzene rings is 1. The number of ketones is 1. The van der Waals surface area contributed by atoms with E-state index in [4.69, 9.17) is 11.6 Å². The third-order valence-corrected chi connectivity index (χ3v) is 3.90. The summed E-state index contributed by atoms with van der Waals surface area (Å²) >= 11 is 7.18. The predicted octanol–water partition coefficient (Wildman–Crippen LogP) is 3.67. The molecule has 1 aromatic heterocycles. The van der Waals surface area contributed by atoms with E-state index in [-0.39, 0.29) is 11.5 Å². The van der Waals surface area contributed by atoms with Gasteiger partial charge in [0.2, 0.25) is 0 Å². The maximum Gasteiger partial charge on any atom is 0.270 e. The van der Waals surface area contributed by atoms with E-state index in [0.717, 1.165) is 0 Å². The molecule has 4 nitrogen and oxygen atoms in total. The molecule has 0 unspecified atom stereocenters. The fourth-order valence-electron chi connectivity index (χ4n) is 1.39. The Morgan fingerprint density at radius 2 is 2.19 bits per heavy atom. The SMILES string of the molecule is CC(=O)c1sc2cc([N+](=O)[O-])ccc2c1Cl. The van der Waals surface area contributed by atoms with Crippen LogP contribution in [0.5, 0.6) is 0 Å². The molecule has 1 heterocycles. The molecule has 0 atom stereocenters. The smallest absolute Gasteiger partial charge is 0.270 e. The van der Waals surface area contributed by atoms with Gasteiger partial charge >= 0.3 is 0 Å². The quantitative estimate of drug-likeness (QED) is 0.467. The van der Waals surface area contributed by atoms with Crippen LogP contribution in [0.1, 0.15) is 16.6 Å². The first kappa shape index (κ1) is 11.0. The first-order chi connectivity index (χ1) is 7.50. The number of nitro benzene ring substituents is 1. The Balaban J connectivity index is 2.72. The number of thiophene rings is 1. The van der Waals surface area contributed by atoms with Gasteiger partial charge in [0.1, 0.15) is 0 Å². The molecule has 0 radical (unpaired) electrons. The molecule has 2 rings (SSSR count). The van der Waals surface area contributed by atoms with Crippen molar-refractivity contribution in [2.24, 2.45) is 0 Å². The normalized spacial score (nSPS) is 10.6. The molecular formula is C10H6ClNO3S. The maximum absolute atomic E-state index is 11.2. The summed E-state index contributed by atoms with van der Waals surface area (Å²) in [6, 6.07) is 4.38. The summed E-state index contributed by atoms with van der Waals surface area (Å²) in [7, 11) is 0. The van der Waals surface area contributed by atoms with E-state index in [1.807, 2.05) is 0 Å². The fraction of sp³-hybridized carbons (Fsp3) is 0.100. The molecule has 0 saturated carbocycles. The monoisotopic (exact) mass is 255 g/mol. The summed E-state index contributed by atoms with van der Waals surface area (Å²) in [5.74, 6) is -0.131. The molecule has 0 bridgehead atoms. The van der Waals surface area contributed by atoms with Gasteiger partial charge in [-0.1, -0.05) is 11.6 Å². The van der Waals surface area contributed by atoms with E-state index in [1.54, 1.807) is 6.07 Å². The molecule has 6 heteroatoms. The lowest BCUT2D eigenvalue weighted by molar-refractivity contribution is -0.384. The first-order valence-corrected chi connectivity index (χ1v) is 5.57. The van der Waals surface area contributed by atoms with E-state index in [2.05, 4.69) is 0 Å². The standard InChI is InChI=1S/C10H6ClNO3S/c1-5(13)10-9(11)7-3-2-6(12(14)15)4-8(7)16-10/h2-4H,1H3. The molecule has 0 fully saturated rings. The number of hydrogen-bond donors (Lipinski definition) is 0. The minimum atomic E-state index is -0.472. The van der Waals surface area contributed by atoms with Gasteiger partial charge in [0.25, 0.3) is 5.69 Å². The van der Waals surface area contributed by atoms with Crippen molar-refractivity contribution in [1.82, 2.24) is 0 Å². The number of non-ortho nitro benzene ring substituents is 1. The summed E-state index contributed by atoms with van der Waals surface area (Å²) in [5.41, 5.74) is 0.000480. The molecule has 16 heavy (non-hydrogen) atoms. The van der Waals surface area contributed by atoms with Gasteiger partial charge in [0, 0.05) is 29.1 Å². The van der Waals surface area contributed by atoms with Crippen molar-refractivity contribution >= 4 is 44.5 Å². The van der Waals surface area contributed by atoms with E-state index >= 15 is 0 Å². The zero-order valence-corrected chi connectivity index (χ0v) is 9.76. The van der Waals surface area contributed by atoms with Crippen LogP contribution in [0.2, 0.25) is 5.02 Å². The average Bonchev–Trinajstić information content (AvgIpc) is 2.55. The van der Waals surface area contributed by atoms with Crippen LogP contribution in [-0.2, 0) is 0 Å². The fourth-order valence-corrected chi connectivity index (χ4v) is 2.89. The van der Waals surface area contributed by atoms with Crippen molar-refractivity contribution in [2.45, 2.75) is 6.92 Å². The van der Waals surface area contributed by atoms with Crippen LogP contribution in [0.25, 0.3) is 10.1 Å². The van der Waals surface area contributed by atoms with Gasteiger partial charge in [0.05, 0.1) is 14.8 Å². The van der Waals surface area contributed by atoms with Crippen LogP contribution < -0.4 is 0 Å². The highest BCUT2D eigenvalue weighted by Crippen LogP contribution is 2.37. The summed E-state index contributed by atoms with van der Waals surface area (Å²) in [4.78, 5) is 21.8. The molecule has 1 aromatic carbocycles. The van der Waals surface area contributed by atoms with Crippen molar-refractivity contribution in [3.8, 4) is 0 Å². The molecule has 0 spiro atoms. The number of carbonyl (C=O) groups is 1. The van der Waals surface area contributed by atoms with Crippen molar-refractivity contribution < 1.29 is 9.72 Å². The predicted molar refractivity (Wildman–Crippen MR) is 63.5 cm³/mol. The molecule has 82 valence electrons. The summed E-state index contributed by atoms with van der Waals surface area (Å²) in [6.07, 6.45) is 0. The van der Waals surface area contributed by atoms with Gasteiger partial charge < -0.3 is 0 Å². The Morgan fingerprint density at radius 3 is 2.75 bits per heavy atom. The Labute approximate surface area is 99.6 Å². The summed E-state index contributed by atoms with van der Waals surface area (Å²) in [6.45, 7) is 1.42. The van der Waals surface area contributed by atoms with Crippen LogP contribution in [-0.4, -0.2) is 10.7 Å². The Hall–Kier alpha value is -1.46. The second-order valence-corrected chi connectivity index (χ2v) is 4.67. The van der Waals surface area contributed by atoms with Crippen LogP contribution in [0.3, 0.4) is 0 Å². The number of nitrogens with zero attached hydrogens (tertiary/aromatic N) is 1. The van der Waals surface area contributed by atoms with Crippen LogP contribution in [0, 0.1) is 10.1 Å². The highest BCUT2D eigenvalue weighted by molar-refractivity contribution is 7.21. The summed E-state index contributed by atoms with van der Waals surface area (Å²) < 4.78 is 0.657. The third-order valence-electron chi connectivity index (χ3n) is 2.14. The van der Waals surface area contributed by atoms with Gasteiger partial charge in [0.15, 0.2) is 5.78 Å². The Bertz CT molecular complexity index is 605. The minimum Gasteiger partial charge on any atom is -0.294 e. The molecule has 0 saturated heterocycles. The lowest BCUT2D eigenvalue weighted by Crippen LogP contribution is -1.86. The van der Waals surface area contributed by atoms with Gasteiger partial charge in [-0.05, 0) is 6.07 Å². The van der Waals surface area contributed by atoms with Crippen LogP contribution in [0.4, 0.5) is 5.69 Å². The zero-order valence-electron chi connectivity index (χ0n) is 8.19. The number of fused-ring (bicyclic) bond motifs is 1. The lowest BCUT2D eigenvalue weighted by Gasteiger charge is -1.91. The highest BCUT2D eigenvalue weighted by atomic mass is 35.5. The highest BCUT2D eigenvalue weighted by Gasteiger charge is 2.16. The molecule has 0 amide bonds. The molecule has 0 aliphatic heterocycles. The maximum atomic E-state index is 11.2. The second-order valence-electron chi connectivity index (χ2n) is 3.24. The van der Waals surface area contributed by atoms with E-state index < -0.39 is 4.92 Å². The van der Waals surface area contributed by atoms with Gasteiger partial charge in [-0.25, -0.2) is 0 Å².